The lowest BCUT2D eigenvalue weighted by atomic mass is 10.1. The van der Waals surface area contributed by atoms with Gasteiger partial charge in [0.25, 0.3) is 5.91 Å². The molecule has 1 aliphatic heterocycles. The second kappa shape index (κ2) is 9.17. The Morgan fingerprint density at radius 1 is 1.07 bits per heavy atom. The van der Waals surface area contributed by atoms with E-state index >= 15 is 0 Å². The molecule has 4 rings (SSSR count). The number of carbonyl (C=O) groups is 1. The van der Waals surface area contributed by atoms with E-state index in [1.165, 1.54) is 11.3 Å². The number of pyridine rings is 1. The predicted molar refractivity (Wildman–Crippen MR) is 120 cm³/mol. The molecule has 0 radical (unpaired) electrons. The van der Waals surface area contributed by atoms with Gasteiger partial charge in [-0.25, -0.2) is 4.98 Å². The summed E-state index contributed by atoms with van der Waals surface area (Å²) in [4.78, 5) is 21.0. The largest absolute Gasteiger partial charge is 0.486 e. The first kappa shape index (κ1) is 20.2. The molecule has 1 N–H and O–H groups in total. The number of nitrogens with one attached hydrogen (secondary N) is 1. The van der Waals surface area contributed by atoms with Gasteiger partial charge in [-0.15, -0.1) is 11.3 Å². The molecule has 1 amide bonds. The molecule has 6 nitrogen and oxygen atoms in total. The van der Waals surface area contributed by atoms with Crippen LogP contribution in [0.4, 0.5) is 5.82 Å². The average Bonchev–Trinajstić information content (AvgIpc) is 3.29. The highest BCUT2D eigenvalue weighted by Gasteiger charge is 2.15. The monoisotopic (exact) mass is 423 g/mol. The van der Waals surface area contributed by atoms with Gasteiger partial charge < -0.3 is 19.7 Å². The highest BCUT2D eigenvalue weighted by Crippen LogP contribution is 2.36. The number of aromatic nitrogens is 1. The van der Waals surface area contributed by atoms with Crippen LogP contribution in [-0.2, 0) is 6.54 Å². The van der Waals surface area contributed by atoms with E-state index in [1.54, 1.807) is 0 Å². The maximum absolute atomic E-state index is 12.6. The van der Waals surface area contributed by atoms with E-state index < -0.39 is 0 Å². The Labute approximate surface area is 180 Å². The number of anilines is 1. The molecule has 0 saturated heterocycles. The standard InChI is InChI=1S/C23H25N3O3S/c1-3-26(4-2)22-10-5-16(14-24-22)15-25-23(27)21-9-8-20(30-21)17-6-7-18-19(13-17)29-12-11-28-18/h5-10,13-14H,3-4,11-12,15H2,1-2H3,(H,25,27). The number of hydrogen-bond donors (Lipinski definition) is 1. The van der Waals surface area contributed by atoms with E-state index in [0.717, 1.165) is 46.4 Å². The van der Waals surface area contributed by atoms with Crippen molar-refractivity contribution in [2.45, 2.75) is 20.4 Å². The molecular weight excluding hydrogens is 398 g/mol. The van der Waals surface area contributed by atoms with Crippen LogP contribution in [0.5, 0.6) is 11.5 Å². The van der Waals surface area contributed by atoms with Crippen LogP contribution in [0.2, 0.25) is 0 Å². The number of nitrogens with zero attached hydrogens (tertiary/aromatic N) is 2. The Balaban J connectivity index is 1.39. The van der Waals surface area contributed by atoms with Crippen LogP contribution in [0, 0.1) is 0 Å². The number of fused-ring (bicyclic) bond motifs is 1. The molecule has 0 unspecified atom stereocenters. The van der Waals surface area contributed by atoms with Crippen molar-refractivity contribution >= 4 is 23.1 Å². The zero-order chi connectivity index (χ0) is 20.9. The summed E-state index contributed by atoms with van der Waals surface area (Å²) < 4.78 is 11.2. The highest BCUT2D eigenvalue weighted by atomic mass is 32.1. The molecule has 1 aromatic carbocycles. The van der Waals surface area contributed by atoms with Gasteiger partial charge in [0.1, 0.15) is 19.0 Å². The van der Waals surface area contributed by atoms with Gasteiger partial charge in [-0.05, 0) is 61.4 Å². The minimum Gasteiger partial charge on any atom is -0.486 e. The molecule has 0 bridgehead atoms. The van der Waals surface area contributed by atoms with Crippen LogP contribution in [0.25, 0.3) is 10.4 Å². The highest BCUT2D eigenvalue weighted by molar-refractivity contribution is 7.17. The third-order valence-corrected chi connectivity index (χ3v) is 6.14. The van der Waals surface area contributed by atoms with Gasteiger partial charge >= 0.3 is 0 Å². The lowest BCUT2D eigenvalue weighted by Crippen LogP contribution is -2.24. The Morgan fingerprint density at radius 3 is 2.60 bits per heavy atom. The fourth-order valence-corrected chi connectivity index (χ4v) is 4.26. The molecule has 0 aliphatic carbocycles. The van der Waals surface area contributed by atoms with Crippen LogP contribution >= 0.6 is 11.3 Å². The van der Waals surface area contributed by atoms with Gasteiger partial charge in [-0.3, -0.25) is 4.79 Å². The number of thiophene rings is 1. The Bertz CT molecular complexity index is 1010. The molecule has 30 heavy (non-hydrogen) atoms. The molecule has 0 fully saturated rings. The molecule has 1 aliphatic rings. The lowest BCUT2D eigenvalue weighted by Gasteiger charge is -2.19. The summed E-state index contributed by atoms with van der Waals surface area (Å²) in [6.45, 7) is 7.64. The molecule has 7 heteroatoms. The summed E-state index contributed by atoms with van der Waals surface area (Å²) in [5.74, 6) is 2.38. The van der Waals surface area contributed by atoms with Crippen LogP contribution in [0.1, 0.15) is 29.1 Å². The van der Waals surface area contributed by atoms with Crippen molar-refractivity contribution in [2.24, 2.45) is 0 Å². The van der Waals surface area contributed by atoms with Crippen molar-refractivity contribution in [3.63, 3.8) is 0 Å². The van der Waals surface area contributed by atoms with Crippen molar-refractivity contribution in [1.82, 2.24) is 10.3 Å². The van der Waals surface area contributed by atoms with Crippen LogP contribution < -0.4 is 19.7 Å². The summed E-state index contributed by atoms with van der Waals surface area (Å²) in [6.07, 6.45) is 1.82. The lowest BCUT2D eigenvalue weighted by molar-refractivity contribution is 0.0955. The fraction of sp³-hybridized carbons (Fsp3) is 0.304. The molecule has 3 aromatic rings. The van der Waals surface area contributed by atoms with Gasteiger partial charge in [-0.2, -0.15) is 0 Å². The van der Waals surface area contributed by atoms with Crippen LogP contribution in [0.3, 0.4) is 0 Å². The molecule has 156 valence electrons. The zero-order valence-electron chi connectivity index (χ0n) is 17.2. The smallest absolute Gasteiger partial charge is 0.261 e. The summed E-state index contributed by atoms with van der Waals surface area (Å²) >= 11 is 1.46. The molecule has 0 saturated carbocycles. The summed E-state index contributed by atoms with van der Waals surface area (Å²) in [6, 6.07) is 13.7. The van der Waals surface area contributed by atoms with Crippen molar-refractivity contribution in [3.05, 3.63) is 59.1 Å². The number of rotatable bonds is 7. The van der Waals surface area contributed by atoms with Gasteiger partial charge in [0, 0.05) is 30.7 Å². The van der Waals surface area contributed by atoms with E-state index in [2.05, 4.69) is 29.0 Å². The Kier molecular flexibility index (Phi) is 6.18. The van der Waals surface area contributed by atoms with E-state index in [-0.39, 0.29) is 5.91 Å². The fourth-order valence-electron chi connectivity index (χ4n) is 3.34. The number of hydrogen-bond acceptors (Lipinski definition) is 6. The van der Waals surface area contributed by atoms with Gasteiger partial charge in [0.2, 0.25) is 0 Å². The quantitative estimate of drug-likeness (QED) is 0.612. The van der Waals surface area contributed by atoms with Crippen molar-refractivity contribution in [3.8, 4) is 21.9 Å². The first-order valence-electron chi connectivity index (χ1n) is 10.2. The predicted octanol–water partition coefficient (Wildman–Crippen LogP) is 4.36. The zero-order valence-corrected chi connectivity index (χ0v) is 18.0. The summed E-state index contributed by atoms with van der Waals surface area (Å²) in [5, 5.41) is 2.98. The molecular formula is C23H25N3O3S. The second-order valence-corrected chi connectivity index (χ2v) is 7.99. The van der Waals surface area contributed by atoms with E-state index in [1.807, 2.05) is 48.7 Å². The van der Waals surface area contributed by atoms with Gasteiger partial charge in [-0.1, -0.05) is 6.07 Å². The van der Waals surface area contributed by atoms with Crippen LogP contribution in [-0.4, -0.2) is 37.2 Å². The SMILES string of the molecule is CCN(CC)c1ccc(CNC(=O)c2ccc(-c3ccc4c(c3)OCCO4)s2)cn1. The first-order chi connectivity index (χ1) is 14.7. The maximum Gasteiger partial charge on any atom is 0.261 e. The van der Waals surface area contributed by atoms with Crippen molar-refractivity contribution in [1.29, 1.82) is 0 Å². The van der Waals surface area contributed by atoms with Crippen molar-refractivity contribution < 1.29 is 14.3 Å². The number of ether oxygens (including phenoxy) is 2. The first-order valence-corrected chi connectivity index (χ1v) is 11.0. The topological polar surface area (TPSA) is 63.7 Å². The molecule has 0 spiro atoms. The van der Waals surface area contributed by atoms with E-state index in [9.17, 15) is 4.79 Å². The molecule has 0 atom stereocenters. The summed E-state index contributed by atoms with van der Waals surface area (Å²) in [7, 11) is 0. The number of benzene rings is 1. The number of carbonyl (C=O) groups excluding carboxylic acids is 1. The maximum atomic E-state index is 12.6. The molecule has 2 aromatic heterocycles. The summed E-state index contributed by atoms with van der Waals surface area (Å²) in [5.41, 5.74) is 1.99. The minimum absolute atomic E-state index is 0.0865. The Morgan fingerprint density at radius 2 is 1.87 bits per heavy atom. The number of amides is 1. The van der Waals surface area contributed by atoms with Gasteiger partial charge in [0.05, 0.1) is 4.88 Å². The van der Waals surface area contributed by atoms with Crippen LogP contribution in [0.15, 0.2) is 48.7 Å². The third kappa shape index (κ3) is 4.41. The normalized spacial score (nSPS) is 12.5. The Hall–Kier alpha value is -3.06. The van der Waals surface area contributed by atoms with Crippen molar-refractivity contribution in [2.75, 3.05) is 31.2 Å². The van der Waals surface area contributed by atoms with Gasteiger partial charge in [0.15, 0.2) is 11.5 Å². The van der Waals surface area contributed by atoms with E-state index in [4.69, 9.17) is 9.47 Å². The third-order valence-electron chi connectivity index (χ3n) is 5.01. The second-order valence-electron chi connectivity index (χ2n) is 6.90. The van der Waals surface area contributed by atoms with E-state index in [0.29, 0.717) is 24.6 Å². The molecule has 3 heterocycles. The average molecular weight is 424 g/mol. The minimum atomic E-state index is -0.0865.